The lowest BCUT2D eigenvalue weighted by atomic mass is 10.0. The molecule has 1 saturated heterocycles. The first-order chi connectivity index (χ1) is 8.90. The van der Waals surface area contributed by atoms with E-state index in [1.165, 1.54) is 0 Å². The Bertz CT molecular complexity index is 480. The SMILES string of the molecule is CC(C)Oc1ccnc(N2CCC(N)(C(=O)O)C2)n1. The fourth-order valence-electron chi connectivity index (χ4n) is 1.97. The van der Waals surface area contributed by atoms with Gasteiger partial charge in [-0.25, -0.2) is 4.98 Å². The lowest BCUT2D eigenvalue weighted by molar-refractivity contribution is -0.142. The van der Waals surface area contributed by atoms with Gasteiger partial charge in [-0.3, -0.25) is 4.79 Å². The van der Waals surface area contributed by atoms with E-state index < -0.39 is 11.5 Å². The van der Waals surface area contributed by atoms with Gasteiger partial charge in [0.05, 0.1) is 6.10 Å². The molecule has 19 heavy (non-hydrogen) atoms. The lowest BCUT2D eigenvalue weighted by Crippen LogP contribution is -2.50. The average molecular weight is 266 g/mol. The van der Waals surface area contributed by atoms with E-state index in [1.54, 1.807) is 17.2 Å². The first-order valence-corrected chi connectivity index (χ1v) is 6.18. The van der Waals surface area contributed by atoms with Crippen molar-refractivity contribution >= 4 is 11.9 Å². The number of carbonyl (C=O) groups is 1. The van der Waals surface area contributed by atoms with E-state index in [1.807, 2.05) is 13.8 Å². The van der Waals surface area contributed by atoms with Gasteiger partial charge in [0.15, 0.2) is 0 Å². The minimum Gasteiger partial charge on any atom is -0.480 e. The topological polar surface area (TPSA) is 102 Å². The zero-order valence-corrected chi connectivity index (χ0v) is 11.0. The van der Waals surface area contributed by atoms with Gasteiger partial charge >= 0.3 is 5.97 Å². The molecule has 7 nitrogen and oxygen atoms in total. The number of anilines is 1. The highest BCUT2D eigenvalue weighted by atomic mass is 16.5. The number of carboxylic acids is 1. The van der Waals surface area contributed by atoms with Gasteiger partial charge in [-0.15, -0.1) is 0 Å². The summed E-state index contributed by atoms with van der Waals surface area (Å²) in [6.07, 6.45) is 1.99. The van der Waals surface area contributed by atoms with Crippen LogP contribution in [-0.2, 0) is 4.79 Å². The minimum atomic E-state index is -1.22. The first kappa shape index (κ1) is 13.5. The predicted octanol–water partition coefficient (Wildman–Crippen LogP) is 0.256. The Morgan fingerprint density at radius 3 is 2.95 bits per heavy atom. The summed E-state index contributed by atoms with van der Waals surface area (Å²) in [5.41, 5.74) is 4.60. The van der Waals surface area contributed by atoms with E-state index in [9.17, 15) is 4.79 Å². The summed E-state index contributed by atoms with van der Waals surface area (Å²) < 4.78 is 5.49. The maximum atomic E-state index is 11.1. The lowest BCUT2D eigenvalue weighted by Gasteiger charge is -2.20. The number of nitrogens with two attached hydrogens (primary N) is 1. The van der Waals surface area contributed by atoms with Crippen LogP contribution >= 0.6 is 0 Å². The van der Waals surface area contributed by atoms with Gasteiger partial charge < -0.3 is 20.5 Å². The third-order valence-corrected chi connectivity index (χ3v) is 2.98. The highest BCUT2D eigenvalue weighted by Gasteiger charge is 2.42. The number of ether oxygens (including phenoxy) is 1. The van der Waals surface area contributed by atoms with Crippen molar-refractivity contribution < 1.29 is 14.6 Å². The van der Waals surface area contributed by atoms with E-state index in [2.05, 4.69) is 9.97 Å². The number of hydrogen-bond acceptors (Lipinski definition) is 6. The molecule has 0 spiro atoms. The molecule has 1 atom stereocenters. The van der Waals surface area contributed by atoms with Crippen LogP contribution in [0.1, 0.15) is 20.3 Å². The van der Waals surface area contributed by atoms with E-state index in [4.69, 9.17) is 15.6 Å². The van der Waals surface area contributed by atoms with Gasteiger partial charge in [-0.05, 0) is 20.3 Å². The molecule has 1 unspecified atom stereocenters. The number of hydrogen-bond donors (Lipinski definition) is 2. The van der Waals surface area contributed by atoms with Gasteiger partial charge in [0, 0.05) is 25.4 Å². The number of nitrogens with zero attached hydrogens (tertiary/aromatic N) is 3. The fourth-order valence-corrected chi connectivity index (χ4v) is 1.97. The summed E-state index contributed by atoms with van der Waals surface area (Å²) in [6, 6.07) is 1.67. The highest BCUT2D eigenvalue weighted by Crippen LogP contribution is 2.24. The van der Waals surface area contributed by atoms with Crippen molar-refractivity contribution in [2.45, 2.75) is 31.9 Å². The molecule has 1 aliphatic rings. The summed E-state index contributed by atoms with van der Waals surface area (Å²) in [7, 11) is 0. The van der Waals surface area contributed by atoms with Crippen molar-refractivity contribution in [3.8, 4) is 5.88 Å². The Balaban J connectivity index is 2.13. The van der Waals surface area contributed by atoms with E-state index >= 15 is 0 Å². The molecule has 7 heteroatoms. The van der Waals surface area contributed by atoms with Crippen LogP contribution in [0.5, 0.6) is 5.88 Å². The van der Waals surface area contributed by atoms with Crippen LogP contribution in [0.3, 0.4) is 0 Å². The van der Waals surface area contributed by atoms with E-state index in [0.29, 0.717) is 24.8 Å². The molecule has 3 N–H and O–H groups in total. The Morgan fingerprint density at radius 1 is 1.63 bits per heavy atom. The van der Waals surface area contributed by atoms with Crippen LogP contribution in [-0.4, -0.2) is 45.8 Å². The molecule has 0 amide bonds. The fraction of sp³-hybridized carbons (Fsp3) is 0.583. The van der Waals surface area contributed by atoms with Crippen molar-refractivity contribution in [1.82, 2.24) is 9.97 Å². The van der Waals surface area contributed by atoms with Crippen molar-refractivity contribution in [2.24, 2.45) is 5.73 Å². The summed E-state index contributed by atoms with van der Waals surface area (Å²) >= 11 is 0. The average Bonchev–Trinajstić information content (AvgIpc) is 2.73. The molecule has 0 bridgehead atoms. The van der Waals surface area contributed by atoms with Gasteiger partial charge in [0.1, 0.15) is 5.54 Å². The molecule has 0 aromatic carbocycles. The second-order valence-corrected chi connectivity index (χ2v) is 4.99. The third kappa shape index (κ3) is 2.93. The Labute approximate surface area is 111 Å². The van der Waals surface area contributed by atoms with Crippen molar-refractivity contribution in [3.05, 3.63) is 12.3 Å². The predicted molar refractivity (Wildman–Crippen MR) is 69.2 cm³/mol. The number of rotatable bonds is 4. The summed E-state index contributed by atoms with van der Waals surface area (Å²) in [5.74, 6) is -0.0684. The number of aromatic nitrogens is 2. The smallest absolute Gasteiger partial charge is 0.325 e. The zero-order chi connectivity index (χ0) is 14.0. The van der Waals surface area contributed by atoms with Gasteiger partial charge in [0.2, 0.25) is 11.8 Å². The quantitative estimate of drug-likeness (QED) is 0.805. The molecule has 0 saturated carbocycles. The molecule has 0 radical (unpaired) electrons. The molecular weight excluding hydrogens is 248 g/mol. The largest absolute Gasteiger partial charge is 0.480 e. The van der Waals surface area contributed by atoms with Crippen LogP contribution in [0, 0.1) is 0 Å². The van der Waals surface area contributed by atoms with Crippen molar-refractivity contribution in [3.63, 3.8) is 0 Å². The second-order valence-electron chi connectivity index (χ2n) is 4.99. The summed E-state index contributed by atoms with van der Waals surface area (Å²) in [5, 5.41) is 9.09. The van der Waals surface area contributed by atoms with Crippen molar-refractivity contribution in [1.29, 1.82) is 0 Å². The second kappa shape index (κ2) is 5.00. The van der Waals surface area contributed by atoms with Crippen molar-refractivity contribution in [2.75, 3.05) is 18.0 Å². The maximum absolute atomic E-state index is 11.1. The van der Waals surface area contributed by atoms with Crippen LogP contribution in [0.15, 0.2) is 12.3 Å². The number of aliphatic carboxylic acids is 1. The van der Waals surface area contributed by atoms with Crippen LogP contribution in [0.25, 0.3) is 0 Å². The molecule has 1 aliphatic heterocycles. The summed E-state index contributed by atoms with van der Waals surface area (Å²) in [6.45, 7) is 4.54. The first-order valence-electron chi connectivity index (χ1n) is 6.18. The molecule has 1 aromatic heterocycles. The van der Waals surface area contributed by atoms with E-state index in [0.717, 1.165) is 0 Å². The molecular formula is C12H18N4O3. The third-order valence-electron chi connectivity index (χ3n) is 2.98. The molecule has 0 aliphatic carbocycles. The highest BCUT2D eigenvalue weighted by molar-refractivity contribution is 5.80. The maximum Gasteiger partial charge on any atom is 0.325 e. The molecule has 2 rings (SSSR count). The molecule has 1 fully saturated rings. The Kier molecular flexibility index (Phi) is 3.57. The van der Waals surface area contributed by atoms with Crippen LogP contribution < -0.4 is 15.4 Å². The number of carboxylic acid groups (broad SMARTS) is 1. The monoisotopic (exact) mass is 266 g/mol. The van der Waals surface area contributed by atoms with Crippen LogP contribution in [0.4, 0.5) is 5.95 Å². The molecule has 2 heterocycles. The Hall–Kier alpha value is -1.89. The van der Waals surface area contributed by atoms with E-state index in [-0.39, 0.29) is 12.6 Å². The molecule has 104 valence electrons. The van der Waals surface area contributed by atoms with Crippen LogP contribution in [0.2, 0.25) is 0 Å². The van der Waals surface area contributed by atoms with Gasteiger partial charge in [-0.2, -0.15) is 4.98 Å². The standard InChI is InChI=1S/C12H18N4O3/c1-8(2)19-9-3-5-14-11(15-9)16-6-4-12(13,7-16)10(17)18/h3,5,8H,4,6-7,13H2,1-2H3,(H,17,18). The van der Waals surface area contributed by atoms with Gasteiger partial charge in [0.25, 0.3) is 0 Å². The Morgan fingerprint density at radius 2 is 2.37 bits per heavy atom. The minimum absolute atomic E-state index is 0.0222. The zero-order valence-electron chi connectivity index (χ0n) is 11.0. The summed E-state index contributed by atoms with van der Waals surface area (Å²) in [4.78, 5) is 21.3. The van der Waals surface area contributed by atoms with Gasteiger partial charge in [-0.1, -0.05) is 0 Å². The molecule has 1 aromatic rings. The normalized spacial score (nSPS) is 22.8.